The van der Waals surface area contributed by atoms with Crippen molar-refractivity contribution in [2.45, 2.75) is 0 Å². The molecule has 0 unspecified atom stereocenters. The molecule has 0 radical (unpaired) electrons. The number of hydrogen-bond acceptors (Lipinski definition) is 2. The highest BCUT2D eigenvalue weighted by Gasteiger charge is 2.20. The van der Waals surface area contributed by atoms with Gasteiger partial charge in [-0.2, -0.15) is 0 Å². The Morgan fingerprint density at radius 1 is 1.25 bits per heavy atom. The molecular formula is C9H11NO2. The molecule has 0 bridgehead atoms. The van der Waals surface area contributed by atoms with E-state index in [1.54, 1.807) is 38.4 Å². The van der Waals surface area contributed by atoms with Gasteiger partial charge in [0, 0.05) is 0 Å². The summed E-state index contributed by atoms with van der Waals surface area (Å²) in [7, 11) is 3.15. The molecule has 0 aliphatic heterocycles. The first-order valence-corrected chi connectivity index (χ1v) is 3.66. The van der Waals surface area contributed by atoms with Crippen LogP contribution in [0.5, 0.6) is 0 Å². The van der Waals surface area contributed by atoms with Crippen LogP contribution >= 0.6 is 0 Å². The van der Waals surface area contributed by atoms with E-state index in [-0.39, 0.29) is 4.48 Å². The Kier molecular flexibility index (Phi) is 2.15. The predicted octanol–water partition coefficient (Wildman–Crippen LogP) is 0.597. The average Bonchev–Trinajstić information content (AvgIpc) is 2.06. The van der Waals surface area contributed by atoms with Crippen LogP contribution in [0.2, 0.25) is 0 Å². The third-order valence-corrected chi connectivity index (χ3v) is 1.86. The van der Waals surface area contributed by atoms with Gasteiger partial charge in [-0.15, -0.1) is 0 Å². The summed E-state index contributed by atoms with van der Waals surface area (Å²) in [6, 6.07) is 8.97. The molecule has 0 aliphatic rings. The molecular weight excluding hydrogens is 154 g/mol. The van der Waals surface area contributed by atoms with E-state index in [1.165, 1.54) is 0 Å². The first kappa shape index (κ1) is 8.74. The minimum Gasteiger partial charge on any atom is -0.498 e. The van der Waals surface area contributed by atoms with Crippen molar-refractivity contribution < 1.29 is 9.90 Å². The normalized spacial score (nSPS) is 11.2. The second-order valence-corrected chi connectivity index (χ2v) is 3.05. The maximum atomic E-state index is 10.7. The molecule has 0 N–H and O–H groups in total. The number of quaternary nitrogens is 1. The molecule has 0 atom stereocenters. The smallest absolute Gasteiger partial charge is 0.262 e. The monoisotopic (exact) mass is 165 g/mol. The summed E-state index contributed by atoms with van der Waals surface area (Å²) in [6.07, 6.45) is -1.11. The van der Waals surface area contributed by atoms with Gasteiger partial charge in [-0.3, -0.25) is 0 Å². The fourth-order valence-corrected chi connectivity index (χ4v) is 0.906. The Morgan fingerprint density at radius 2 is 1.75 bits per heavy atom. The number of benzene rings is 1. The number of nitrogens with zero attached hydrogens (tertiary/aromatic N) is 1. The summed E-state index contributed by atoms with van der Waals surface area (Å²) in [6.45, 7) is 0. The Balaban J connectivity index is 3.06. The second kappa shape index (κ2) is 2.95. The van der Waals surface area contributed by atoms with Gasteiger partial charge >= 0.3 is 0 Å². The van der Waals surface area contributed by atoms with Crippen molar-refractivity contribution >= 4 is 11.8 Å². The molecule has 0 aromatic heterocycles. The lowest BCUT2D eigenvalue weighted by Gasteiger charge is -2.27. The Morgan fingerprint density at radius 3 is 2.17 bits per heavy atom. The van der Waals surface area contributed by atoms with Gasteiger partial charge < -0.3 is 9.90 Å². The van der Waals surface area contributed by atoms with Crippen LogP contribution in [-0.2, 0) is 0 Å². The van der Waals surface area contributed by atoms with Gasteiger partial charge in [-0.25, -0.2) is 4.48 Å². The van der Waals surface area contributed by atoms with E-state index in [0.717, 1.165) is 0 Å². The molecule has 1 aromatic rings. The molecule has 1 amide bonds. The van der Waals surface area contributed by atoms with Gasteiger partial charge in [-0.05, 0) is 12.1 Å². The molecule has 3 heteroatoms. The summed E-state index contributed by atoms with van der Waals surface area (Å²) in [4.78, 5) is 10.7. The molecule has 3 nitrogen and oxygen atoms in total. The molecule has 12 heavy (non-hydrogen) atoms. The van der Waals surface area contributed by atoms with Crippen molar-refractivity contribution in [3.05, 3.63) is 30.3 Å². The number of amides is 1. The highest BCUT2D eigenvalue weighted by Crippen LogP contribution is 2.16. The minimum atomic E-state index is -1.11. The van der Waals surface area contributed by atoms with Crippen molar-refractivity contribution in [2.24, 2.45) is 0 Å². The zero-order valence-electron chi connectivity index (χ0n) is 7.15. The molecule has 0 saturated heterocycles. The zero-order valence-corrected chi connectivity index (χ0v) is 7.15. The van der Waals surface area contributed by atoms with E-state index in [0.29, 0.717) is 5.69 Å². The lowest BCUT2D eigenvalue weighted by atomic mass is 10.3. The van der Waals surface area contributed by atoms with Crippen LogP contribution in [-0.4, -0.2) is 20.2 Å². The molecule has 0 heterocycles. The molecule has 0 aliphatic carbocycles. The fourth-order valence-electron chi connectivity index (χ4n) is 0.906. The Bertz CT molecular complexity index is 280. The lowest BCUT2D eigenvalue weighted by Crippen LogP contribution is -2.54. The largest absolute Gasteiger partial charge is 0.498 e. The highest BCUT2D eigenvalue weighted by molar-refractivity contribution is 5.77. The fraction of sp³-hybridized carbons (Fsp3) is 0.222. The van der Waals surface area contributed by atoms with E-state index < -0.39 is 6.09 Å². The van der Waals surface area contributed by atoms with Crippen LogP contribution < -0.4 is 9.59 Å². The van der Waals surface area contributed by atoms with Crippen LogP contribution in [0.25, 0.3) is 0 Å². The van der Waals surface area contributed by atoms with Crippen LogP contribution in [0, 0.1) is 0 Å². The quantitative estimate of drug-likeness (QED) is 0.571. The van der Waals surface area contributed by atoms with Gasteiger partial charge in [0.2, 0.25) is 0 Å². The topological polar surface area (TPSA) is 40.1 Å². The first-order chi connectivity index (χ1) is 5.55. The minimum absolute atomic E-state index is 0.249. The van der Waals surface area contributed by atoms with E-state index in [9.17, 15) is 9.90 Å². The van der Waals surface area contributed by atoms with Crippen LogP contribution in [0.15, 0.2) is 30.3 Å². The molecule has 0 fully saturated rings. The van der Waals surface area contributed by atoms with E-state index in [2.05, 4.69) is 0 Å². The highest BCUT2D eigenvalue weighted by atomic mass is 16.4. The zero-order chi connectivity index (χ0) is 9.19. The SMILES string of the molecule is C[N+](C)(C(=O)[O-])c1ccccc1. The molecule has 1 rings (SSSR count). The summed E-state index contributed by atoms with van der Waals surface area (Å²) in [5.41, 5.74) is 0.706. The third-order valence-electron chi connectivity index (χ3n) is 1.86. The van der Waals surface area contributed by atoms with Gasteiger partial charge in [0.05, 0.1) is 14.1 Å². The molecule has 1 aromatic carbocycles. The lowest BCUT2D eigenvalue weighted by molar-refractivity contribution is -0.261. The molecule has 0 spiro atoms. The number of para-hydroxylation sites is 1. The van der Waals surface area contributed by atoms with Crippen molar-refractivity contribution in [3.63, 3.8) is 0 Å². The Hall–Kier alpha value is -1.35. The van der Waals surface area contributed by atoms with Crippen LogP contribution in [0.4, 0.5) is 10.5 Å². The van der Waals surface area contributed by atoms with Crippen molar-refractivity contribution in [1.82, 2.24) is 4.48 Å². The predicted molar refractivity (Wildman–Crippen MR) is 45.5 cm³/mol. The summed E-state index contributed by atoms with van der Waals surface area (Å²) in [5, 5.41) is 10.7. The summed E-state index contributed by atoms with van der Waals surface area (Å²) in [5.74, 6) is 0. The van der Waals surface area contributed by atoms with Gasteiger partial charge in [0.15, 0.2) is 0 Å². The summed E-state index contributed by atoms with van der Waals surface area (Å²) < 4.78 is -0.249. The van der Waals surface area contributed by atoms with Crippen LogP contribution in [0.1, 0.15) is 0 Å². The van der Waals surface area contributed by atoms with E-state index >= 15 is 0 Å². The molecule has 0 saturated carbocycles. The van der Waals surface area contributed by atoms with Crippen molar-refractivity contribution in [3.8, 4) is 0 Å². The van der Waals surface area contributed by atoms with E-state index in [4.69, 9.17) is 0 Å². The Labute approximate surface area is 71.5 Å². The standard InChI is InChI=1S/C9H11NO2/c1-10(2,9(11)12)8-6-4-3-5-7-8/h3-7H,1-2H3. The molecule has 64 valence electrons. The number of hydrogen-bond donors (Lipinski definition) is 0. The van der Waals surface area contributed by atoms with Gasteiger partial charge in [0.1, 0.15) is 5.69 Å². The first-order valence-electron chi connectivity index (χ1n) is 3.66. The number of rotatable bonds is 1. The third kappa shape index (κ3) is 1.46. The van der Waals surface area contributed by atoms with E-state index in [1.807, 2.05) is 6.07 Å². The van der Waals surface area contributed by atoms with Crippen molar-refractivity contribution in [1.29, 1.82) is 0 Å². The maximum Gasteiger partial charge on any atom is 0.262 e. The number of carbonyl (C=O) groups excluding carboxylic acids is 1. The van der Waals surface area contributed by atoms with Crippen molar-refractivity contribution in [2.75, 3.05) is 14.1 Å². The summed E-state index contributed by atoms with van der Waals surface area (Å²) >= 11 is 0. The number of carbonyl (C=O) groups is 1. The van der Waals surface area contributed by atoms with Gasteiger partial charge in [0.25, 0.3) is 6.09 Å². The maximum absolute atomic E-state index is 10.7. The van der Waals surface area contributed by atoms with Crippen LogP contribution in [0.3, 0.4) is 0 Å². The average molecular weight is 165 g/mol. The number of carboxylic acid groups (broad SMARTS) is 1. The van der Waals surface area contributed by atoms with Gasteiger partial charge in [-0.1, -0.05) is 18.2 Å². The second-order valence-electron chi connectivity index (χ2n) is 3.05.